The Hall–Kier alpha value is -3.36. The average Bonchev–Trinajstić information content (AvgIpc) is 3.22. The topological polar surface area (TPSA) is 121 Å². The lowest BCUT2D eigenvalue weighted by molar-refractivity contribution is -0.124. The zero-order chi connectivity index (χ0) is 25.0. The van der Waals surface area contributed by atoms with Crippen molar-refractivity contribution in [3.8, 4) is 0 Å². The number of unbranched alkanes of at least 4 members (excludes halogenated alkanes) is 1. The minimum Gasteiger partial charge on any atom is -0.383 e. The van der Waals surface area contributed by atoms with Crippen LogP contribution in [0.5, 0.6) is 0 Å². The van der Waals surface area contributed by atoms with Gasteiger partial charge >= 0.3 is 5.69 Å². The first kappa shape index (κ1) is 25.3. The molecule has 2 amide bonds. The summed E-state index contributed by atoms with van der Waals surface area (Å²) in [6, 6.07) is 7.78. The molecule has 1 saturated heterocycles. The zero-order valence-electron chi connectivity index (χ0n) is 20.5. The van der Waals surface area contributed by atoms with Gasteiger partial charge in [-0.05, 0) is 37.3 Å². The number of para-hydroxylation sites is 1. The number of hydrogen-bond donors (Lipinski definition) is 2. The van der Waals surface area contributed by atoms with E-state index in [2.05, 4.69) is 18.8 Å². The fourth-order valence-electron chi connectivity index (χ4n) is 4.50. The number of carbonyl (C=O) groups is 2. The van der Waals surface area contributed by atoms with Gasteiger partial charge in [0.25, 0.3) is 5.56 Å². The number of rotatable bonds is 9. The molecule has 0 bridgehead atoms. The predicted octanol–water partition coefficient (Wildman–Crippen LogP) is 2.84. The third-order valence-electron chi connectivity index (χ3n) is 6.65. The van der Waals surface area contributed by atoms with Crippen molar-refractivity contribution in [2.24, 2.45) is 5.92 Å². The summed E-state index contributed by atoms with van der Waals surface area (Å²) in [5.74, 6) is -0.849. The number of aromatic nitrogens is 2. The zero-order valence-corrected chi connectivity index (χ0v) is 20.5. The van der Waals surface area contributed by atoms with Gasteiger partial charge in [-0.2, -0.15) is 0 Å². The van der Waals surface area contributed by atoms with E-state index in [9.17, 15) is 19.2 Å². The molecule has 0 saturated carbocycles. The number of nitrogens with two attached hydrogens (primary N) is 1. The monoisotopic (exact) mass is 469 g/mol. The van der Waals surface area contributed by atoms with E-state index in [4.69, 9.17) is 5.73 Å². The van der Waals surface area contributed by atoms with Crippen LogP contribution >= 0.6 is 0 Å². The maximum Gasteiger partial charge on any atom is 0.330 e. The van der Waals surface area contributed by atoms with Gasteiger partial charge in [-0.25, -0.2) is 4.79 Å². The van der Waals surface area contributed by atoms with E-state index in [-0.39, 0.29) is 48.7 Å². The normalized spacial score (nSPS) is 16.6. The molecule has 2 atom stereocenters. The first-order chi connectivity index (χ1) is 16.2. The van der Waals surface area contributed by atoms with Crippen molar-refractivity contribution >= 4 is 29.0 Å². The van der Waals surface area contributed by atoms with Crippen LogP contribution in [0.4, 0.5) is 17.2 Å². The molecule has 3 N–H and O–H groups in total. The number of anilines is 3. The standard InChI is InChI=1S/C25H35N5O4/c1-5-8-13-29-22(26)21(23(32)27-25(29)34)28(7-3)24(33)17-14-20(31)30(15-17)19-12-10-9-11-18(19)16(4)6-2/h9-12,16-17H,5-8,13-15,26H2,1-4H3,(H,27,32,34). The molecule has 2 heterocycles. The van der Waals surface area contributed by atoms with Crippen molar-refractivity contribution in [1.82, 2.24) is 9.55 Å². The van der Waals surface area contributed by atoms with E-state index >= 15 is 0 Å². The Balaban J connectivity index is 1.93. The molecule has 1 aromatic heterocycles. The average molecular weight is 470 g/mol. The van der Waals surface area contributed by atoms with Crippen molar-refractivity contribution in [2.45, 2.75) is 65.8 Å². The van der Waals surface area contributed by atoms with E-state index in [1.807, 2.05) is 31.2 Å². The number of carbonyl (C=O) groups excluding carboxylic acids is 2. The number of amides is 2. The highest BCUT2D eigenvalue weighted by Crippen LogP contribution is 2.34. The maximum absolute atomic E-state index is 13.5. The molecule has 0 radical (unpaired) electrons. The molecule has 34 heavy (non-hydrogen) atoms. The van der Waals surface area contributed by atoms with Crippen LogP contribution < -0.4 is 26.8 Å². The van der Waals surface area contributed by atoms with Crippen LogP contribution in [0.3, 0.4) is 0 Å². The van der Waals surface area contributed by atoms with E-state index in [1.54, 1.807) is 11.8 Å². The SMILES string of the molecule is CCCCn1c(N)c(N(CC)C(=O)C2CC(=O)N(c3ccccc3C(C)CC)C2)c(=O)[nH]c1=O. The summed E-state index contributed by atoms with van der Waals surface area (Å²) in [4.78, 5) is 56.7. The third-order valence-corrected chi connectivity index (χ3v) is 6.65. The van der Waals surface area contributed by atoms with Crippen molar-refractivity contribution in [1.29, 1.82) is 0 Å². The number of hydrogen-bond acceptors (Lipinski definition) is 5. The van der Waals surface area contributed by atoms with Gasteiger partial charge in [0.2, 0.25) is 11.8 Å². The van der Waals surface area contributed by atoms with Gasteiger partial charge in [-0.3, -0.25) is 23.9 Å². The number of nitrogens with zero attached hydrogens (tertiary/aromatic N) is 3. The fourth-order valence-corrected chi connectivity index (χ4v) is 4.50. The van der Waals surface area contributed by atoms with Crippen molar-refractivity contribution in [3.05, 3.63) is 50.7 Å². The van der Waals surface area contributed by atoms with Crippen molar-refractivity contribution < 1.29 is 9.59 Å². The molecule has 9 nitrogen and oxygen atoms in total. The Morgan fingerprint density at radius 3 is 2.56 bits per heavy atom. The van der Waals surface area contributed by atoms with Crippen molar-refractivity contribution in [3.63, 3.8) is 0 Å². The Labute approximate surface area is 199 Å². The Morgan fingerprint density at radius 1 is 1.21 bits per heavy atom. The van der Waals surface area contributed by atoms with Gasteiger partial charge in [-0.15, -0.1) is 0 Å². The predicted molar refractivity (Wildman–Crippen MR) is 134 cm³/mol. The van der Waals surface area contributed by atoms with Crippen LogP contribution in [0.15, 0.2) is 33.9 Å². The fraction of sp³-hybridized carbons (Fsp3) is 0.520. The summed E-state index contributed by atoms with van der Waals surface area (Å²) in [6.07, 6.45) is 2.53. The molecule has 1 aromatic carbocycles. The maximum atomic E-state index is 13.5. The molecule has 3 rings (SSSR count). The lowest BCUT2D eigenvalue weighted by Gasteiger charge is -2.26. The number of H-pyrrole nitrogens is 1. The van der Waals surface area contributed by atoms with Gasteiger partial charge in [0.05, 0.1) is 5.92 Å². The Bertz CT molecular complexity index is 1170. The number of nitrogens with one attached hydrogen (secondary N) is 1. The molecular weight excluding hydrogens is 434 g/mol. The summed E-state index contributed by atoms with van der Waals surface area (Å²) in [6.45, 7) is 8.70. The molecule has 2 aromatic rings. The van der Waals surface area contributed by atoms with Crippen LogP contribution in [0.25, 0.3) is 0 Å². The smallest absolute Gasteiger partial charge is 0.330 e. The highest BCUT2D eigenvalue weighted by atomic mass is 16.2. The van der Waals surface area contributed by atoms with Gasteiger partial charge in [0.1, 0.15) is 5.82 Å². The Morgan fingerprint density at radius 2 is 1.91 bits per heavy atom. The largest absolute Gasteiger partial charge is 0.383 e. The molecule has 0 spiro atoms. The molecule has 9 heteroatoms. The van der Waals surface area contributed by atoms with Gasteiger partial charge in [0, 0.05) is 31.7 Å². The molecule has 0 aliphatic carbocycles. The first-order valence-corrected chi connectivity index (χ1v) is 12.1. The van der Waals surface area contributed by atoms with Crippen molar-refractivity contribution in [2.75, 3.05) is 28.6 Å². The van der Waals surface area contributed by atoms with Gasteiger partial charge in [0.15, 0.2) is 5.69 Å². The van der Waals surface area contributed by atoms with E-state index < -0.39 is 17.2 Å². The Kier molecular flexibility index (Phi) is 7.96. The molecular formula is C25H35N5O4. The van der Waals surface area contributed by atoms with E-state index in [1.165, 1.54) is 9.47 Å². The highest BCUT2D eigenvalue weighted by Gasteiger charge is 2.39. The highest BCUT2D eigenvalue weighted by molar-refractivity contribution is 6.05. The first-order valence-electron chi connectivity index (χ1n) is 12.1. The van der Waals surface area contributed by atoms with Crippen LogP contribution in [-0.4, -0.2) is 34.5 Å². The van der Waals surface area contributed by atoms with Crippen LogP contribution in [0, 0.1) is 5.92 Å². The second-order valence-corrected chi connectivity index (χ2v) is 8.85. The summed E-state index contributed by atoms with van der Waals surface area (Å²) in [7, 11) is 0. The van der Waals surface area contributed by atoms with E-state index in [0.717, 1.165) is 24.1 Å². The molecule has 1 aliphatic heterocycles. The molecule has 184 valence electrons. The number of benzene rings is 1. The summed E-state index contributed by atoms with van der Waals surface area (Å²) >= 11 is 0. The van der Waals surface area contributed by atoms with Crippen LogP contribution in [-0.2, 0) is 16.1 Å². The van der Waals surface area contributed by atoms with E-state index in [0.29, 0.717) is 13.0 Å². The summed E-state index contributed by atoms with van der Waals surface area (Å²) in [5.41, 5.74) is 6.80. The minimum atomic E-state index is -0.700. The second-order valence-electron chi connectivity index (χ2n) is 8.85. The lowest BCUT2D eigenvalue weighted by atomic mass is 9.96. The third kappa shape index (κ3) is 4.78. The van der Waals surface area contributed by atoms with Crippen LogP contribution in [0.1, 0.15) is 64.9 Å². The quantitative estimate of drug-likeness (QED) is 0.585. The van der Waals surface area contributed by atoms with Gasteiger partial charge < -0.3 is 15.5 Å². The summed E-state index contributed by atoms with van der Waals surface area (Å²) in [5, 5.41) is 0. The number of aromatic amines is 1. The van der Waals surface area contributed by atoms with Gasteiger partial charge in [-0.1, -0.05) is 45.4 Å². The molecule has 2 unspecified atom stereocenters. The molecule has 1 fully saturated rings. The minimum absolute atomic E-state index is 0.0271. The van der Waals surface area contributed by atoms with Crippen LogP contribution in [0.2, 0.25) is 0 Å². The summed E-state index contributed by atoms with van der Waals surface area (Å²) < 4.78 is 1.30. The molecule has 1 aliphatic rings. The number of nitrogen functional groups attached to an aromatic ring is 1. The second kappa shape index (κ2) is 10.7. The lowest BCUT2D eigenvalue weighted by Crippen LogP contribution is -2.44.